The minimum Gasteiger partial charge on any atom is -0.497 e. The van der Waals surface area contributed by atoms with Crippen LogP contribution in [0.15, 0.2) is 53.4 Å². The van der Waals surface area contributed by atoms with Gasteiger partial charge in [-0.2, -0.15) is 0 Å². The second-order valence-corrected chi connectivity index (χ2v) is 10.6. The summed E-state index contributed by atoms with van der Waals surface area (Å²) in [5.41, 5.74) is 0.813. The quantitative estimate of drug-likeness (QED) is 0.625. The number of anilines is 1. The van der Waals surface area contributed by atoms with Crippen LogP contribution < -0.4 is 14.8 Å². The number of ether oxygens (including phenoxy) is 1. The molecular formula is C25H31N3O5S. The summed E-state index contributed by atoms with van der Waals surface area (Å²) in [6.07, 6.45) is 5.96. The van der Waals surface area contributed by atoms with Crippen LogP contribution in [-0.4, -0.2) is 51.4 Å². The van der Waals surface area contributed by atoms with E-state index in [0.717, 1.165) is 38.5 Å². The Balaban J connectivity index is 1.38. The van der Waals surface area contributed by atoms with Crippen molar-refractivity contribution < 1.29 is 22.7 Å². The van der Waals surface area contributed by atoms with Crippen molar-refractivity contribution in [3.05, 3.63) is 54.1 Å². The number of benzene rings is 2. The summed E-state index contributed by atoms with van der Waals surface area (Å²) in [6, 6.07) is 12.8. The number of methoxy groups -OCH3 is 1. The van der Waals surface area contributed by atoms with Crippen molar-refractivity contribution in [1.82, 2.24) is 10.2 Å². The molecule has 2 aliphatic rings. The van der Waals surface area contributed by atoms with Crippen molar-refractivity contribution in [1.29, 1.82) is 0 Å². The number of likely N-dealkylation sites (tertiary alicyclic amines) is 1. The fourth-order valence-corrected chi connectivity index (χ4v) is 5.70. The molecule has 2 aromatic rings. The Hall–Kier alpha value is -3.07. The van der Waals surface area contributed by atoms with Gasteiger partial charge in [-0.05, 0) is 62.1 Å². The summed E-state index contributed by atoms with van der Waals surface area (Å²) < 4.78 is 33.0. The first-order valence-electron chi connectivity index (χ1n) is 11.7. The Morgan fingerprint density at radius 1 is 1.00 bits per heavy atom. The molecule has 2 N–H and O–H groups in total. The fourth-order valence-electron chi connectivity index (χ4n) is 4.61. The predicted octanol–water partition coefficient (Wildman–Crippen LogP) is 3.41. The van der Waals surface area contributed by atoms with Crippen LogP contribution in [-0.2, 0) is 14.8 Å². The highest BCUT2D eigenvalue weighted by Gasteiger charge is 2.30. The molecule has 0 spiro atoms. The van der Waals surface area contributed by atoms with Gasteiger partial charge in [-0.3, -0.25) is 14.3 Å². The Kier molecular flexibility index (Phi) is 7.41. The minimum atomic E-state index is -3.80. The monoisotopic (exact) mass is 485 g/mol. The number of rotatable bonds is 7. The van der Waals surface area contributed by atoms with E-state index in [1.807, 2.05) is 0 Å². The number of nitrogens with zero attached hydrogens (tertiary/aromatic N) is 1. The Bertz CT molecular complexity index is 1130. The zero-order valence-corrected chi connectivity index (χ0v) is 20.1. The van der Waals surface area contributed by atoms with Crippen molar-refractivity contribution >= 4 is 27.5 Å². The molecule has 182 valence electrons. The molecule has 34 heavy (non-hydrogen) atoms. The summed E-state index contributed by atoms with van der Waals surface area (Å²) in [7, 11) is -2.32. The van der Waals surface area contributed by atoms with Gasteiger partial charge in [0.05, 0.1) is 17.9 Å². The average Bonchev–Trinajstić information content (AvgIpc) is 3.37. The van der Waals surface area contributed by atoms with E-state index in [2.05, 4.69) is 10.0 Å². The predicted molar refractivity (Wildman–Crippen MR) is 129 cm³/mol. The standard InChI is InChI=1S/C25H31N3O5S/c1-33-22-9-4-10-23(16-22)34(31,32)27-21-13-11-18(12-14-21)25(30)28-15-5-6-19(17-28)24(29)26-20-7-2-3-8-20/h4,9-14,16,19-20,27H,2-3,5-8,15,17H2,1H3,(H,26,29). The van der Waals surface area contributed by atoms with Gasteiger partial charge in [-0.15, -0.1) is 0 Å². The maximum Gasteiger partial charge on any atom is 0.262 e. The van der Waals surface area contributed by atoms with E-state index < -0.39 is 10.0 Å². The highest BCUT2D eigenvalue weighted by molar-refractivity contribution is 7.92. The van der Waals surface area contributed by atoms with Crippen molar-refractivity contribution in [2.45, 2.75) is 49.5 Å². The second kappa shape index (κ2) is 10.5. The maximum absolute atomic E-state index is 13.0. The van der Waals surface area contributed by atoms with E-state index >= 15 is 0 Å². The van der Waals surface area contributed by atoms with Gasteiger partial charge in [0.15, 0.2) is 0 Å². The Morgan fingerprint density at radius 3 is 2.44 bits per heavy atom. The Morgan fingerprint density at radius 2 is 1.74 bits per heavy atom. The zero-order chi connectivity index (χ0) is 24.1. The van der Waals surface area contributed by atoms with Gasteiger partial charge in [0.1, 0.15) is 5.75 Å². The van der Waals surface area contributed by atoms with E-state index in [1.165, 1.54) is 19.2 Å². The number of amides is 2. The number of carbonyl (C=O) groups is 2. The molecule has 1 aliphatic heterocycles. The van der Waals surface area contributed by atoms with Crippen LogP contribution in [0.1, 0.15) is 48.9 Å². The number of sulfonamides is 1. The molecule has 1 saturated carbocycles. The molecule has 1 saturated heterocycles. The number of hydrogen-bond acceptors (Lipinski definition) is 5. The van der Waals surface area contributed by atoms with E-state index in [9.17, 15) is 18.0 Å². The lowest BCUT2D eigenvalue weighted by Crippen LogP contribution is -2.47. The van der Waals surface area contributed by atoms with Crippen molar-refractivity contribution in [3.63, 3.8) is 0 Å². The van der Waals surface area contributed by atoms with Crippen molar-refractivity contribution in [2.24, 2.45) is 5.92 Å². The number of carbonyl (C=O) groups excluding carboxylic acids is 2. The molecule has 1 heterocycles. The van der Waals surface area contributed by atoms with Crippen LogP contribution in [0.3, 0.4) is 0 Å². The van der Waals surface area contributed by atoms with Gasteiger partial charge < -0.3 is 15.0 Å². The van der Waals surface area contributed by atoms with Crippen molar-refractivity contribution in [3.8, 4) is 5.75 Å². The normalized spacial score (nSPS) is 19.0. The fraction of sp³-hybridized carbons (Fsp3) is 0.440. The first kappa shape index (κ1) is 24.1. The van der Waals surface area contributed by atoms with E-state index in [4.69, 9.17) is 4.74 Å². The molecule has 2 amide bonds. The lowest BCUT2D eigenvalue weighted by molar-refractivity contribution is -0.127. The lowest BCUT2D eigenvalue weighted by atomic mass is 9.96. The molecule has 4 rings (SSSR count). The van der Waals surface area contributed by atoms with Crippen LogP contribution in [0.2, 0.25) is 0 Å². The highest BCUT2D eigenvalue weighted by atomic mass is 32.2. The van der Waals surface area contributed by atoms with E-state index in [-0.39, 0.29) is 28.7 Å². The van der Waals surface area contributed by atoms with Crippen LogP contribution in [0.5, 0.6) is 5.75 Å². The van der Waals surface area contributed by atoms with Gasteiger partial charge in [-0.1, -0.05) is 18.9 Å². The van der Waals surface area contributed by atoms with Gasteiger partial charge in [-0.25, -0.2) is 8.42 Å². The molecule has 0 radical (unpaired) electrons. The van der Waals surface area contributed by atoms with Gasteiger partial charge in [0, 0.05) is 36.4 Å². The molecule has 8 nitrogen and oxygen atoms in total. The van der Waals surface area contributed by atoms with Gasteiger partial charge in [0.2, 0.25) is 5.91 Å². The summed E-state index contributed by atoms with van der Waals surface area (Å²) in [5.74, 6) is 0.153. The smallest absolute Gasteiger partial charge is 0.262 e. The topological polar surface area (TPSA) is 105 Å². The maximum atomic E-state index is 13.0. The van der Waals surface area contributed by atoms with Crippen LogP contribution in [0.4, 0.5) is 5.69 Å². The van der Waals surface area contributed by atoms with E-state index in [1.54, 1.807) is 41.3 Å². The van der Waals surface area contributed by atoms with Gasteiger partial charge in [0.25, 0.3) is 15.9 Å². The van der Waals surface area contributed by atoms with Crippen LogP contribution in [0, 0.1) is 5.92 Å². The number of nitrogens with one attached hydrogen (secondary N) is 2. The van der Waals surface area contributed by atoms with Gasteiger partial charge >= 0.3 is 0 Å². The van der Waals surface area contributed by atoms with Crippen LogP contribution >= 0.6 is 0 Å². The summed E-state index contributed by atoms with van der Waals surface area (Å²) in [5, 5.41) is 3.15. The molecule has 0 bridgehead atoms. The van der Waals surface area contributed by atoms with E-state index in [0.29, 0.717) is 30.1 Å². The molecule has 0 aromatic heterocycles. The third-order valence-electron chi connectivity index (χ3n) is 6.52. The Labute approximate surface area is 200 Å². The molecular weight excluding hydrogens is 454 g/mol. The molecule has 2 fully saturated rings. The average molecular weight is 486 g/mol. The minimum absolute atomic E-state index is 0.0479. The first-order valence-corrected chi connectivity index (χ1v) is 13.2. The van der Waals surface area contributed by atoms with Crippen LogP contribution in [0.25, 0.3) is 0 Å². The summed E-state index contributed by atoms with van der Waals surface area (Å²) >= 11 is 0. The summed E-state index contributed by atoms with van der Waals surface area (Å²) in [4.78, 5) is 27.5. The van der Waals surface area contributed by atoms with Crippen molar-refractivity contribution in [2.75, 3.05) is 24.9 Å². The highest BCUT2D eigenvalue weighted by Crippen LogP contribution is 2.24. The molecule has 1 atom stereocenters. The molecule has 1 aliphatic carbocycles. The lowest BCUT2D eigenvalue weighted by Gasteiger charge is -2.32. The molecule has 9 heteroatoms. The SMILES string of the molecule is COc1cccc(S(=O)(=O)Nc2ccc(C(=O)N3CCCC(C(=O)NC4CCCC4)C3)cc2)c1. The third kappa shape index (κ3) is 5.70. The first-order chi connectivity index (χ1) is 16.4. The molecule has 1 unspecified atom stereocenters. The third-order valence-corrected chi connectivity index (χ3v) is 7.90. The second-order valence-electron chi connectivity index (χ2n) is 8.94. The molecule has 2 aromatic carbocycles. The zero-order valence-electron chi connectivity index (χ0n) is 19.3. The number of piperidine rings is 1. The number of hydrogen-bond donors (Lipinski definition) is 2. The largest absolute Gasteiger partial charge is 0.497 e. The summed E-state index contributed by atoms with van der Waals surface area (Å²) in [6.45, 7) is 1.01.